The summed E-state index contributed by atoms with van der Waals surface area (Å²) >= 11 is 5.71. The van der Waals surface area contributed by atoms with Crippen LogP contribution < -0.4 is 10.9 Å². The molecule has 3 nitrogen and oxygen atoms in total. The van der Waals surface area contributed by atoms with Crippen LogP contribution in [0, 0.1) is 0 Å². The molecule has 7 heteroatoms. The standard InChI is InChI=1S/C14H10ClF3N2O/c15-11-4-6-12(7-5-11)20(19)13(21)9-2-1-3-10(8-9)14(16,17)18/h1-8H,19H2. The summed E-state index contributed by atoms with van der Waals surface area (Å²) in [4.78, 5) is 12.1. The molecular weight excluding hydrogens is 305 g/mol. The third-order valence-electron chi connectivity index (χ3n) is 2.76. The molecule has 0 aliphatic rings. The number of hydrogen-bond acceptors (Lipinski definition) is 2. The lowest BCUT2D eigenvalue weighted by Crippen LogP contribution is -2.37. The van der Waals surface area contributed by atoms with E-state index in [1.807, 2.05) is 0 Å². The predicted molar refractivity (Wildman–Crippen MR) is 73.9 cm³/mol. The van der Waals surface area contributed by atoms with Crippen LogP contribution in [-0.2, 0) is 6.18 Å². The normalized spacial score (nSPS) is 11.3. The number of rotatable bonds is 2. The number of hydrazine groups is 1. The molecule has 110 valence electrons. The summed E-state index contributed by atoms with van der Waals surface area (Å²) in [7, 11) is 0. The molecule has 0 radical (unpaired) electrons. The van der Waals surface area contributed by atoms with Crippen LogP contribution in [0.1, 0.15) is 15.9 Å². The summed E-state index contributed by atoms with van der Waals surface area (Å²) in [6, 6.07) is 10.1. The van der Waals surface area contributed by atoms with Crippen molar-refractivity contribution in [1.29, 1.82) is 0 Å². The average molecular weight is 315 g/mol. The van der Waals surface area contributed by atoms with Crippen molar-refractivity contribution in [1.82, 2.24) is 0 Å². The van der Waals surface area contributed by atoms with Gasteiger partial charge in [-0.2, -0.15) is 13.2 Å². The van der Waals surface area contributed by atoms with Crippen molar-refractivity contribution in [3.05, 3.63) is 64.7 Å². The van der Waals surface area contributed by atoms with E-state index in [1.54, 1.807) is 0 Å². The fourth-order valence-corrected chi connectivity index (χ4v) is 1.81. The Balaban J connectivity index is 2.29. The molecule has 2 N–H and O–H groups in total. The number of carbonyl (C=O) groups excluding carboxylic acids is 1. The van der Waals surface area contributed by atoms with Crippen molar-refractivity contribution in [2.24, 2.45) is 5.84 Å². The third kappa shape index (κ3) is 3.53. The van der Waals surface area contributed by atoms with Crippen LogP contribution in [0.25, 0.3) is 0 Å². The van der Waals surface area contributed by atoms with Gasteiger partial charge >= 0.3 is 6.18 Å². The Bertz CT molecular complexity index is 656. The van der Waals surface area contributed by atoms with E-state index in [4.69, 9.17) is 17.4 Å². The molecule has 0 fully saturated rings. The monoisotopic (exact) mass is 314 g/mol. The molecular formula is C14H10ClF3N2O. The van der Waals surface area contributed by atoms with E-state index in [0.29, 0.717) is 10.7 Å². The summed E-state index contributed by atoms with van der Waals surface area (Å²) in [5.41, 5.74) is -0.734. The molecule has 0 unspecified atom stereocenters. The maximum Gasteiger partial charge on any atom is 0.416 e. The summed E-state index contributed by atoms with van der Waals surface area (Å²) in [6.07, 6.45) is -4.52. The highest BCUT2D eigenvalue weighted by Crippen LogP contribution is 2.30. The molecule has 21 heavy (non-hydrogen) atoms. The number of alkyl halides is 3. The molecule has 0 aliphatic carbocycles. The molecule has 0 aliphatic heterocycles. The summed E-state index contributed by atoms with van der Waals surface area (Å²) in [6.45, 7) is 0. The van der Waals surface area contributed by atoms with E-state index < -0.39 is 17.6 Å². The third-order valence-corrected chi connectivity index (χ3v) is 3.01. The maximum atomic E-state index is 12.6. The van der Waals surface area contributed by atoms with Crippen LogP contribution in [0.3, 0.4) is 0 Å². The van der Waals surface area contributed by atoms with Crippen LogP contribution in [0.2, 0.25) is 5.02 Å². The first-order valence-corrected chi connectivity index (χ1v) is 6.19. The van der Waals surface area contributed by atoms with Gasteiger partial charge in [0.2, 0.25) is 0 Å². The molecule has 2 aromatic carbocycles. The van der Waals surface area contributed by atoms with Gasteiger partial charge in [-0.05, 0) is 42.5 Å². The van der Waals surface area contributed by atoms with E-state index in [2.05, 4.69) is 0 Å². The van der Waals surface area contributed by atoms with Crippen LogP contribution in [0.15, 0.2) is 48.5 Å². The second-order valence-corrected chi connectivity index (χ2v) is 4.67. The smallest absolute Gasteiger partial charge is 0.267 e. The Hall–Kier alpha value is -2.05. The van der Waals surface area contributed by atoms with Gasteiger partial charge in [-0.15, -0.1) is 0 Å². The number of benzene rings is 2. The molecule has 0 spiro atoms. The quantitative estimate of drug-likeness (QED) is 0.519. The largest absolute Gasteiger partial charge is 0.416 e. The zero-order valence-electron chi connectivity index (χ0n) is 10.6. The number of amides is 1. The lowest BCUT2D eigenvalue weighted by molar-refractivity contribution is -0.137. The second-order valence-electron chi connectivity index (χ2n) is 4.23. The van der Waals surface area contributed by atoms with Gasteiger partial charge < -0.3 is 0 Å². The summed E-state index contributed by atoms with van der Waals surface area (Å²) < 4.78 is 37.9. The van der Waals surface area contributed by atoms with Gasteiger partial charge in [-0.1, -0.05) is 17.7 Å². The highest BCUT2D eigenvalue weighted by atomic mass is 35.5. The van der Waals surface area contributed by atoms with E-state index >= 15 is 0 Å². The number of nitrogens with two attached hydrogens (primary N) is 1. The molecule has 0 saturated carbocycles. The van der Waals surface area contributed by atoms with Crippen LogP contribution in [-0.4, -0.2) is 5.91 Å². The molecule has 2 rings (SSSR count). The topological polar surface area (TPSA) is 46.3 Å². The highest BCUT2D eigenvalue weighted by Gasteiger charge is 2.31. The van der Waals surface area contributed by atoms with Crippen molar-refractivity contribution < 1.29 is 18.0 Å². The predicted octanol–water partition coefficient (Wildman–Crippen LogP) is 3.88. The van der Waals surface area contributed by atoms with Crippen molar-refractivity contribution in [3.8, 4) is 0 Å². The Morgan fingerprint density at radius 1 is 1.10 bits per heavy atom. The zero-order valence-corrected chi connectivity index (χ0v) is 11.3. The molecule has 1 amide bonds. The van der Waals surface area contributed by atoms with Gasteiger partial charge in [0.1, 0.15) is 0 Å². The zero-order chi connectivity index (χ0) is 15.6. The Morgan fingerprint density at radius 2 is 1.71 bits per heavy atom. The lowest BCUT2D eigenvalue weighted by Gasteiger charge is -2.17. The van der Waals surface area contributed by atoms with Gasteiger partial charge in [0.05, 0.1) is 11.3 Å². The summed E-state index contributed by atoms with van der Waals surface area (Å²) in [5, 5.41) is 1.23. The fraction of sp³-hybridized carbons (Fsp3) is 0.0714. The first-order valence-electron chi connectivity index (χ1n) is 5.81. The highest BCUT2D eigenvalue weighted by molar-refractivity contribution is 6.30. The number of nitrogens with zero attached hydrogens (tertiary/aromatic N) is 1. The van der Waals surface area contributed by atoms with E-state index in [1.165, 1.54) is 30.3 Å². The van der Waals surface area contributed by atoms with Crippen LogP contribution in [0.5, 0.6) is 0 Å². The van der Waals surface area contributed by atoms with Gasteiger partial charge in [0.25, 0.3) is 5.91 Å². The van der Waals surface area contributed by atoms with Crippen molar-refractivity contribution >= 4 is 23.2 Å². The van der Waals surface area contributed by atoms with Crippen LogP contribution >= 0.6 is 11.6 Å². The lowest BCUT2D eigenvalue weighted by atomic mass is 10.1. The average Bonchev–Trinajstić information content (AvgIpc) is 2.46. The Kier molecular flexibility index (Phi) is 4.20. The number of carbonyl (C=O) groups is 1. The van der Waals surface area contributed by atoms with Gasteiger partial charge in [0.15, 0.2) is 0 Å². The minimum atomic E-state index is -4.52. The van der Waals surface area contributed by atoms with Crippen molar-refractivity contribution in [3.63, 3.8) is 0 Å². The SMILES string of the molecule is NN(C(=O)c1cccc(C(F)(F)F)c1)c1ccc(Cl)cc1. The number of halogens is 4. The number of hydrogen-bond donors (Lipinski definition) is 1. The number of anilines is 1. The first-order chi connectivity index (χ1) is 9.79. The molecule has 0 saturated heterocycles. The Labute approximate surface area is 123 Å². The first kappa shape index (κ1) is 15.3. The van der Waals surface area contributed by atoms with Gasteiger partial charge in [0, 0.05) is 10.6 Å². The molecule has 0 heterocycles. The maximum absolute atomic E-state index is 12.6. The minimum Gasteiger partial charge on any atom is -0.267 e. The molecule has 0 bridgehead atoms. The van der Waals surface area contributed by atoms with Crippen molar-refractivity contribution in [2.45, 2.75) is 6.18 Å². The van der Waals surface area contributed by atoms with E-state index in [-0.39, 0.29) is 5.56 Å². The second kappa shape index (κ2) is 5.75. The van der Waals surface area contributed by atoms with Crippen LogP contribution in [0.4, 0.5) is 18.9 Å². The van der Waals surface area contributed by atoms with Crippen molar-refractivity contribution in [2.75, 3.05) is 5.01 Å². The molecule has 0 aromatic heterocycles. The van der Waals surface area contributed by atoms with Gasteiger partial charge in [-0.25, -0.2) is 10.9 Å². The Morgan fingerprint density at radius 3 is 2.29 bits per heavy atom. The summed E-state index contributed by atoms with van der Waals surface area (Å²) in [5.74, 6) is 4.89. The fourth-order valence-electron chi connectivity index (χ4n) is 1.69. The molecule has 2 aromatic rings. The van der Waals surface area contributed by atoms with E-state index in [0.717, 1.165) is 23.2 Å². The van der Waals surface area contributed by atoms with Gasteiger partial charge in [-0.3, -0.25) is 4.79 Å². The molecule has 0 atom stereocenters. The van der Waals surface area contributed by atoms with E-state index in [9.17, 15) is 18.0 Å². The minimum absolute atomic E-state index is 0.151.